The lowest BCUT2D eigenvalue weighted by molar-refractivity contribution is -0.114. The highest BCUT2D eigenvalue weighted by Gasteiger charge is 2.00. The van der Waals surface area contributed by atoms with Crippen LogP contribution in [-0.4, -0.2) is 12.5 Å². The molecule has 3 heteroatoms. The fraction of sp³-hybridized carbons (Fsp3) is 0.250. The van der Waals surface area contributed by atoms with Crippen LogP contribution >= 0.6 is 0 Å². The number of benzene rings is 1. The van der Waals surface area contributed by atoms with Gasteiger partial charge in [-0.15, -0.1) is 0 Å². The minimum absolute atomic E-state index is 0.0726. The standard InChI is InChI=1S/C12H16N2O/c1-9(6-7-13)11-4-3-5-12(8-11)14-10(2)15/h3-5,8H,1,6-7,13H2,2H3,(H,14,15). The third-order valence-corrected chi connectivity index (χ3v) is 2.04. The second-order valence-electron chi connectivity index (χ2n) is 3.40. The Hall–Kier alpha value is -1.61. The van der Waals surface area contributed by atoms with Gasteiger partial charge in [0.25, 0.3) is 0 Å². The third-order valence-electron chi connectivity index (χ3n) is 2.04. The highest BCUT2D eigenvalue weighted by Crippen LogP contribution is 2.19. The third kappa shape index (κ3) is 3.56. The van der Waals surface area contributed by atoms with Crippen molar-refractivity contribution in [3.8, 4) is 0 Å². The summed E-state index contributed by atoms with van der Waals surface area (Å²) in [5.41, 5.74) is 8.26. The summed E-state index contributed by atoms with van der Waals surface area (Å²) in [4.78, 5) is 10.9. The Morgan fingerprint density at radius 3 is 2.87 bits per heavy atom. The van der Waals surface area contributed by atoms with E-state index in [0.29, 0.717) is 6.54 Å². The van der Waals surface area contributed by atoms with E-state index in [1.165, 1.54) is 6.92 Å². The van der Waals surface area contributed by atoms with E-state index in [0.717, 1.165) is 23.2 Å². The van der Waals surface area contributed by atoms with Gasteiger partial charge >= 0.3 is 0 Å². The van der Waals surface area contributed by atoms with Gasteiger partial charge in [0.1, 0.15) is 0 Å². The van der Waals surface area contributed by atoms with Gasteiger partial charge in [0.05, 0.1) is 0 Å². The normalized spacial score (nSPS) is 9.73. The minimum atomic E-state index is -0.0726. The van der Waals surface area contributed by atoms with Crippen LogP contribution in [0.25, 0.3) is 5.57 Å². The molecular formula is C12H16N2O. The predicted octanol–water partition coefficient (Wildman–Crippen LogP) is 2.01. The number of hydrogen-bond donors (Lipinski definition) is 2. The van der Waals surface area contributed by atoms with Gasteiger partial charge in [-0.05, 0) is 36.2 Å². The summed E-state index contributed by atoms with van der Waals surface area (Å²) in [5, 5.41) is 2.73. The average molecular weight is 204 g/mol. The van der Waals surface area contributed by atoms with Crippen LogP contribution in [0.15, 0.2) is 30.8 Å². The maximum atomic E-state index is 10.9. The van der Waals surface area contributed by atoms with E-state index in [2.05, 4.69) is 11.9 Å². The zero-order chi connectivity index (χ0) is 11.3. The summed E-state index contributed by atoms with van der Waals surface area (Å²) in [7, 11) is 0. The van der Waals surface area contributed by atoms with Crippen molar-refractivity contribution >= 4 is 17.2 Å². The lowest BCUT2D eigenvalue weighted by Gasteiger charge is -2.07. The monoisotopic (exact) mass is 204 g/mol. The van der Waals surface area contributed by atoms with Gasteiger partial charge in [-0.3, -0.25) is 4.79 Å². The summed E-state index contributed by atoms with van der Waals surface area (Å²) in [6.07, 6.45) is 0.767. The highest BCUT2D eigenvalue weighted by molar-refractivity contribution is 5.89. The van der Waals surface area contributed by atoms with Crippen molar-refractivity contribution in [1.82, 2.24) is 0 Å². The molecule has 1 rings (SSSR count). The fourth-order valence-corrected chi connectivity index (χ4v) is 1.34. The molecule has 0 fully saturated rings. The van der Waals surface area contributed by atoms with E-state index in [9.17, 15) is 4.79 Å². The smallest absolute Gasteiger partial charge is 0.221 e. The van der Waals surface area contributed by atoms with Gasteiger partial charge in [0.2, 0.25) is 5.91 Å². The molecule has 15 heavy (non-hydrogen) atoms. The first-order chi connectivity index (χ1) is 7.13. The molecule has 80 valence electrons. The number of carbonyl (C=O) groups excluding carboxylic acids is 1. The molecule has 1 aromatic carbocycles. The maximum Gasteiger partial charge on any atom is 0.221 e. The van der Waals surface area contributed by atoms with Crippen LogP contribution in [0.1, 0.15) is 18.9 Å². The maximum absolute atomic E-state index is 10.9. The summed E-state index contributed by atoms with van der Waals surface area (Å²) in [6, 6.07) is 7.60. The molecule has 1 amide bonds. The molecule has 0 aliphatic heterocycles. The largest absolute Gasteiger partial charge is 0.330 e. The molecule has 1 aromatic rings. The molecule has 0 saturated heterocycles. The molecule has 0 bridgehead atoms. The quantitative estimate of drug-likeness (QED) is 0.788. The van der Waals surface area contributed by atoms with E-state index in [1.54, 1.807) is 0 Å². The van der Waals surface area contributed by atoms with Crippen molar-refractivity contribution in [3.05, 3.63) is 36.4 Å². The summed E-state index contributed by atoms with van der Waals surface area (Å²) >= 11 is 0. The number of nitrogens with two attached hydrogens (primary N) is 1. The first-order valence-corrected chi connectivity index (χ1v) is 4.89. The van der Waals surface area contributed by atoms with Gasteiger partial charge in [-0.2, -0.15) is 0 Å². The molecule has 0 atom stereocenters. The topological polar surface area (TPSA) is 55.1 Å². The van der Waals surface area contributed by atoms with Crippen molar-refractivity contribution in [3.63, 3.8) is 0 Å². The summed E-state index contributed by atoms with van der Waals surface area (Å²) < 4.78 is 0. The van der Waals surface area contributed by atoms with Crippen LogP contribution in [0.4, 0.5) is 5.69 Å². The predicted molar refractivity (Wildman–Crippen MR) is 63.5 cm³/mol. The molecule has 0 spiro atoms. The molecule has 0 aliphatic carbocycles. The summed E-state index contributed by atoms with van der Waals surface area (Å²) in [5.74, 6) is -0.0726. The van der Waals surface area contributed by atoms with E-state index >= 15 is 0 Å². The molecule has 0 unspecified atom stereocenters. The molecule has 0 heterocycles. The van der Waals surface area contributed by atoms with Crippen LogP contribution in [0.3, 0.4) is 0 Å². The van der Waals surface area contributed by atoms with E-state index in [4.69, 9.17) is 5.73 Å². The lowest BCUT2D eigenvalue weighted by Crippen LogP contribution is -2.06. The average Bonchev–Trinajstić information content (AvgIpc) is 2.17. The highest BCUT2D eigenvalue weighted by atomic mass is 16.1. The molecule has 3 N–H and O–H groups in total. The number of amides is 1. The van der Waals surface area contributed by atoms with Crippen molar-refractivity contribution in [1.29, 1.82) is 0 Å². The first-order valence-electron chi connectivity index (χ1n) is 4.89. The zero-order valence-electron chi connectivity index (χ0n) is 8.92. The molecular weight excluding hydrogens is 188 g/mol. The van der Waals surface area contributed by atoms with Crippen LogP contribution in [-0.2, 0) is 4.79 Å². The van der Waals surface area contributed by atoms with E-state index in [1.807, 2.05) is 24.3 Å². The lowest BCUT2D eigenvalue weighted by atomic mass is 10.0. The molecule has 0 aromatic heterocycles. The first kappa shape index (κ1) is 11.5. The van der Waals surface area contributed by atoms with Crippen LogP contribution in [0.5, 0.6) is 0 Å². The Morgan fingerprint density at radius 1 is 1.53 bits per heavy atom. The van der Waals surface area contributed by atoms with Crippen molar-refractivity contribution < 1.29 is 4.79 Å². The Bertz CT molecular complexity index is 372. The van der Waals surface area contributed by atoms with Gasteiger partial charge in [-0.1, -0.05) is 18.7 Å². The molecule has 0 radical (unpaired) electrons. The minimum Gasteiger partial charge on any atom is -0.330 e. The van der Waals surface area contributed by atoms with Gasteiger partial charge < -0.3 is 11.1 Å². The Morgan fingerprint density at radius 2 is 2.27 bits per heavy atom. The number of nitrogens with one attached hydrogen (secondary N) is 1. The molecule has 3 nitrogen and oxygen atoms in total. The summed E-state index contributed by atoms with van der Waals surface area (Å²) in [6.45, 7) is 6.02. The van der Waals surface area contributed by atoms with Crippen LogP contribution in [0, 0.1) is 0 Å². The second kappa shape index (κ2) is 5.32. The number of hydrogen-bond acceptors (Lipinski definition) is 2. The zero-order valence-corrected chi connectivity index (χ0v) is 8.92. The molecule has 0 aliphatic rings. The van der Waals surface area contributed by atoms with Gasteiger partial charge in [0, 0.05) is 12.6 Å². The Balaban J connectivity index is 2.82. The van der Waals surface area contributed by atoms with Crippen molar-refractivity contribution in [2.24, 2.45) is 5.73 Å². The Labute approximate surface area is 90.0 Å². The SMILES string of the molecule is C=C(CCN)c1cccc(NC(C)=O)c1. The van der Waals surface area contributed by atoms with Crippen molar-refractivity contribution in [2.45, 2.75) is 13.3 Å². The number of rotatable bonds is 4. The van der Waals surface area contributed by atoms with Crippen molar-refractivity contribution in [2.75, 3.05) is 11.9 Å². The van der Waals surface area contributed by atoms with Gasteiger partial charge in [0.15, 0.2) is 0 Å². The Kier molecular flexibility index (Phi) is 4.06. The fourth-order valence-electron chi connectivity index (χ4n) is 1.34. The van der Waals surface area contributed by atoms with Crippen LogP contribution < -0.4 is 11.1 Å². The number of carbonyl (C=O) groups is 1. The van der Waals surface area contributed by atoms with E-state index < -0.39 is 0 Å². The van der Waals surface area contributed by atoms with Gasteiger partial charge in [-0.25, -0.2) is 0 Å². The molecule has 0 saturated carbocycles. The number of anilines is 1. The van der Waals surface area contributed by atoms with E-state index in [-0.39, 0.29) is 5.91 Å². The van der Waals surface area contributed by atoms with Crippen LogP contribution in [0.2, 0.25) is 0 Å². The second-order valence-corrected chi connectivity index (χ2v) is 3.40.